The molecule has 2 rings (SSSR count). The smallest absolute Gasteiger partial charge is 0.173 e. The van der Waals surface area contributed by atoms with E-state index in [0.717, 1.165) is 16.8 Å². The molecule has 2 aromatic carbocycles. The van der Waals surface area contributed by atoms with Crippen molar-refractivity contribution in [2.75, 3.05) is 12.4 Å². The average molecular weight is 323 g/mol. The highest BCUT2D eigenvalue weighted by Gasteiger charge is 2.07. The van der Waals surface area contributed by atoms with Crippen LogP contribution < -0.4 is 5.32 Å². The fraction of sp³-hybridized carbons (Fsp3) is 0.188. The summed E-state index contributed by atoms with van der Waals surface area (Å²) < 4.78 is 12.9. The standard InChI is InChI=1S/C16H16ClFN2S/c1-11-3-8-14(9-15(11)17)19-16(21)20(2)10-12-4-6-13(18)7-5-12/h3-9H,10H2,1-2H3,(H,19,21). The minimum Gasteiger partial charge on any atom is -0.348 e. The second kappa shape index (κ2) is 6.87. The van der Waals surface area contributed by atoms with Crippen molar-refractivity contribution in [2.45, 2.75) is 13.5 Å². The third-order valence-electron chi connectivity index (χ3n) is 3.10. The number of nitrogens with one attached hydrogen (secondary N) is 1. The lowest BCUT2D eigenvalue weighted by Gasteiger charge is -2.21. The van der Waals surface area contributed by atoms with E-state index in [9.17, 15) is 4.39 Å². The first kappa shape index (κ1) is 15.7. The first-order chi connectivity index (χ1) is 9.95. The van der Waals surface area contributed by atoms with Crippen LogP contribution in [-0.4, -0.2) is 17.1 Å². The van der Waals surface area contributed by atoms with Gasteiger partial charge in [-0.05, 0) is 54.5 Å². The van der Waals surface area contributed by atoms with Crippen molar-refractivity contribution in [1.82, 2.24) is 4.90 Å². The average Bonchev–Trinajstić information content (AvgIpc) is 2.45. The van der Waals surface area contributed by atoms with Crippen molar-refractivity contribution in [2.24, 2.45) is 0 Å². The summed E-state index contributed by atoms with van der Waals surface area (Å²) in [6, 6.07) is 12.1. The Morgan fingerprint density at radius 3 is 2.52 bits per heavy atom. The van der Waals surface area contributed by atoms with Crippen LogP contribution in [0.15, 0.2) is 42.5 Å². The maximum atomic E-state index is 12.9. The third kappa shape index (κ3) is 4.41. The summed E-state index contributed by atoms with van der Waals surface area (Å²) in [5.74, 6) is -0.239. The molecule has 0 radical (unpaired) electrons. The predicted molar refractivity (Wildman–Crippen MR) is 90.3 cm³/mol. The molecule has 0 aliphatic carbocycles. The molecule has 5 heteroatoms. The van der Waals surface area contributed by atoms with E-state index in [4.69, 9.17) is 23.8 Å². The Hall–Kier alpha value is -1.65. The molecule has 0 saturated heterocycles. The summed E-state index contributed by atoms with van der Waals surface area (Å²) in [7, 11) is 1.88. The highest BCUT2D eigenvalue weighted by Crippen LogP contribution is 2.20. The van der Waals surface area contributed by atoms with Crippen LogP contribution in [0.3, 0.4) is 0 Å². The van der Waals surface area contributed by atoms with Crippen LogP contribution in [0.5, 0.6) is 0 Å². The second-order valence-electron chi connectivity index (χ2n) is 4.88. The van der Waals surface area contributed by atoms with Crippen LogP contribution in [0, 0.1) is 12.7 Å². The van der Waals surface area contributed by atoms with Crippen LogP contribution in [0.1, 0.15) is 11.1 Å². The molecule has 21 heavy (non-hydrogen) atoms. The lowest BCUT2D eigenvalue weighted by Crippen LogP contribution is -2.30. The van der Waals surface area contributed by atoms with Gasteiger partial charge in [-0.3, -0.25) is 0 Å². The summed E-state index contributed by atoms with van der Waals surface area (Å²) in [6.07, 6.45) is 0. The highest BCUT2D eigenvalue weighted by molar-refractivity contribution is 7.80. The van der Waals surface area contributed by atoms with Gasteiger partial charge in [0.1, 0.15) is 5.82 Å². The van der Waals surface area contributed by atoms with Gasteiger partial charge in [0, 0.05) is 24.3 Å². The van der Waals surface area contributed by atoms with Gasteiger partial charge in [0.2, 0.25) is 0 Å². The van der Waals surface area contributed by atoms with Crippen molar-refractivity contribution >= 4 is 34.6 Å². The van der Waals surface area contributed by atoms with E-state index < -0.39 is 0 Å². The Balaban J connectivity index is 1.98. The molecular weight excluding hydrogens is 307 g/mol. The number of hydrogen-bond acceptors (Lipinski definition) is 1. The fourth-order valence-corrected chi connectivity index (χ4v) is 2.19. The highest BCUT2D eigenvalue weighted by atomic mass is 35.5. The number of rotatable bonds is 3. The number of nitrogens with zero attached hydrogens (tertiary/aromatic N) is 1. The Morgan fingerprint density at radius 1 is 1.24 bits per heavy atom. The predicted octanol–water partition coefficient (Wildman–Crippen LogP) is 4.62. The van der Waals surface area contributed by atoms with Gasteiger partial charge < -0.3 is 10.2 Å². The Morgan fingerprint density at radius 2 is 1.90 bits per heavy atom. The minimum absolute atomic E-state index is 0.239. The quantitative estimate of drug-likeness (QED) is 0.830. The van der Waals surface area contributed by atoms with Gasteiger partial charge in [-0.2, -0.15) is 0 Å². The van der Waals surface area contributed by atoms with Crippen molar-refractivity contribution < 1.29 is 4.39 Å². The van der Waals surface area contributed by atoms with Crippen molar-refractivity contribution in [3.8, 4) is 0 Å². The Bertz CT molecular complexity index is 643. The molecule has 0 fully saturated rings. The number of aryl methyl sites for hydroxylation is 1. The zero-order valence-corrected chi connectivity index (χ0v) is 13.4. The third-order valence-corrected chi connectivity index (χ3v) is 3.92. The van der Waals surface area contributed by atoms with Crippen molar-refractivity contribution in [3.63, 3.8) is 0 Å². The summed E-state index contributed by atoms with van der Waals surface area (Å²) in [6.45, 7) is 2.55. The van der Waals surface area contributed by atoms with Gasteiger partial charge in [-0.25, -0.2) is 4.39 Å². The van der Waals surface area contributed by atoms with Gasteiger partial charge >= 0.3 is 0 Å². The Labute approximate surface area is 134 Å². The number of hydrogen-bond donors (Lipinski definition) is 1. The van der Waals surface area contributed by atoms with Gasteiger partial charge in [-0.1, -0.05) is 29.8 Å². The van der Waals surface area contributed by atoms with E-state index in [1.165, 1.54) is 12.1 Å². The van der Waals surface area contributed by atoms with E-state index in [1.807, 2.05) is 37.1 Å². The molecule has 2 nitrogen and oxygen atoms in total. The molecule has 2 aromatic rings. The van der Waals surface area contributed by atoms with Gasteiger partial charge in [0.25, 0.3) is 0 Å². The molecule has 0 aliphatic heterocycles. The van der Waals surface area contributed by atoms with E-state index in [-0.39, 0.29) is 5.82 Å². The molecule has 0 bridgehead atoms. The van der Waals surface area contributed by atoms with Gasteiger partial charge in [0.05, 0.1) is 0 Å². The van der Waals surface area contributed by atoms with E-state index in [1.54, 1.807) is 12.1 Å². The fourth-order valence-electron chi connectivity index (χ4n) is 1.82. The number of halogens is 2. The van der Waals surface area contributed by atoms with Crippen LogP contribution in [0.25, 0.3) is 0 Å². The zero-order valence-electron chi connectivity index (χ0n) is 11.9. The molecule has 0 saturated carbocycles. The lowest BCUT2D eigenvalue weighted by molar-refractivity contribution is 0.507. The summed E-state index contributed by atoms with van der Waals surface area (Å²) in [5, 5.41) is 4.42. The van der Waals surface area contributed by atoms with E-state index in [2.05, 4.69) is 5.32 Å². The monoisotopic (exact) mass is 322 g/mol. The van der Waals surface area contributed by atoms with Crippen molar-refractivity contribution in [1.29, 1.82) is 0 Å². The molecule has 0 aliphatic rings. The first-order valence-corrected chi connectivity index (χ1v) is 7.27. The van der Waals surface area contributed by atoms with E-state index >= 15 is 0 Å². The van der Waals surface area contributed by atoms with Gasteiger partial charge in [0.15, 0.2) is 5.11 Å². The largest absolute Gasteiger partial charge is 0.348 e. The number of anilines is 1. The molecule has 0 spiro atoms. The van der Waals surface area contributed by atoms with Crippen LogP contribution in [-0.2, 0) is 6.54 Å². The maximum absolute atomic E-state index is 12.9. The van der Waals surface area contributed by atoms with Crippen molar-refractivity contribution in [3.05, 3.63) is 64.4 Å². The van der Waals surface area contributed by atoms with Crippen LogP contribution >= 0.6 is 23.8 Å². The van der Waals surface area contributed by atoms with E-state index in [0.29, 0.717) is 16.7 Å². The summed E-state index contributed by atoms with van der Waals surface area (Å²) in [4.78, 5) is 1.89. The number of thiocarbonyl (C=S) groups is 1. The number of benzene rings is 2. The summed E-state index contributed by atoms with van der Waals surface area (Å²) >= 11 is 11.4. The summed E-state index contributed by atoms with van der Waals surface area (Å²) in [5.41, 5.74) is 2.86. The molecule has 0 amide bonds. The molecule has 0 unspecified atom stereocenters. The molecular formula is C16H16ClFN2S. The minimum atomic E-state index is -0.239. The molecule has 1 N–H and O–H groups in total. The molecule has 110 valence electrons. The van der Waals surface area contributed by atoms with Crippen LogP contribution in [0.2, 0.25) is 5.02 Å². The van der Waals surface area contributed by atoms with Crippen LogP contribution in [0.4, 0.5) is 10.1 Å². The molecule has 0 aromatic heterocycles. The lowest BCUT2D eigenvalue weighted by atomic mass is 10.2. The topological polar surface area (TPSA) is 15.3 Å². The Kier molecular flexibility index (Phi) is 5.15. The molecule has 0 heterocycles. The first-order valence-electron chi connectivity index (χ1n) is 6.48. The molecule has 0 atom stereocenters. The normalized spacial score (nSPS) is 10.3. The zero-order chi connectivity index (χ0) is 15.4. The maximum Gasteiger partial charge on any atom is 0.173 e. The SMILES string of the molecule is Cc1ccc(NC(=S)N(C)Cc2ccc(F)cc2)cc1Cl. The van der Waals surface area contributed by atoms with Gasteiger partial charge in [-0.15, -0.1) is 0 Å². The second-order valence-corrected chi connectivity index (χ2v) is 5.67.